The number of hydrogen-bond acceptors (Lipinski definition) is 3. The maximum absolute atomic E-state index is 12.1. The van der Waals surface area contributed by atoms with Crippen LogP contribution in [0.25, 0.3) is 0 Å². The third kappa shape index (κ3) is 3.62. The van der Waals surface area contributed by atoms with E-state index in [0.29, 0.717) is 16.5 Å². The van der Waals surface area contributed by atoms with Gasteiger partial charge < -0.3 is 10.3 Å². The van der Waals surface area contributed by atoms with Crippen LogP contribution in [-0.2, 0) is 0 Å². The molecule has 0 spiro atoms. The zero-order chi connectivity index (χ0) is 13.8. The molecule has 1 aliphatic rings. The van der Waals surface area contributed by atoms with Gasteiger partial charge in [-0.2, -0.15) is 11.8 Å². The molecule has 1 amide bonds. The topological polar surface area (TPSA) is 62.0 Å². The highest BCUT2D eigenvalue weighted by Gasteiger charge is 2.23. The number of aromatic nitrogens is 1. The molecule has 19 heavy (non-hydrogen) atoms. The van der Waals surface area contributed by atoms with Gasteiger partial charge in [-0.25, -0.2) is 0 Å². The quantitative estimate of drug-likeness (QED) is 0.833. The van der Waals surface area contributed by atoms with E-state index in [2.05, 4.69) is 16.6 Å². The van der Waals surface area contributed by atoms with Crippen LogP contribution in [0.15, 0.2) is 12.3 Å². The molecule has 5 heteroatoms. The van der Waals surface area contributed by atoms with Crippen molar-refractivity contribution in [1.82, 2.24) is 10.3 Å². The molecule has 104 valence electrons. The summed E-state index contributed by atoms with van der Waals surface area (Å²) in [6, 6.07) is 1.87. The van der Waals surface area contributed by atoms with Crippen LogP contribution in [0.2, 0.25) is 0 Å². The van der Waals surface area contributed by atoms with Crippen molar-refractivity contribution >= 4 is 23.5 Å². The number of rotatable bonds is 4. The van der Waals surface area contributed by atoms with E-state index in [-0.39, 0.29) is 17.7 Å². The van der Waals surface area contributed by atoms with Crippen LogP contribution in [-0.4, -0.2) is 34.2 Å². The normalized spacial score (nSPS) is 23.1. The van der Waals surface area contributed by atoms with Gasteiger partial charge in [0.05, 0.1) is 0 Å². The van der Waals surface area contributed by atoms with Crippen LogP contribution in [0.1, 0.15) is 53.5 Å². The fourth-order valence-electron chi connectivity index (χ4n) is 2.48. The highest BCUT2D eigenvalue weighted by molar-refractivity contribution is 7.99. The second kappa shape index (κ2) is 6.28. The molecule has 2 atom stereocenters. The molecule has 2 rings (SSSR count). The van der Waals surface area contributed by atoms with Crippen LogP contribution < -0.4 is 5.32 Å². The van der Waals surface area contributed by atoms with Gasteiger partial charge in [-0.3, -0.25) is 9.59 Å². The smallest absolute Gasteiger partial charge is 0.267 e. The van der Waals surface area contributed by atoms with Crippen molar-refractivity contribution < 1.29 is 9.59 Å². The molecule has 0 saturated heterocycles. The molecular formula is C14H20N2O2S. The fraction of sp³-hybridized carbons (Fsp3) is 0.571. The Balaban J connectivity index is 1.94. The highest BCUT2D eigenvalue weighted by Crippen LogP contribution is 2.27. The van der Waals surface area contributed by atoms with Crippen molar-refractivity contribution in [1.29, 1.82) is 0 Å². The number of carbonyl (C=O) groups is 2. The predicted octanol–water partition coefficient (Wildman–Crippen LogP) is 2.62. The second-order valence-electron chi connectivity index (χ2n) is 5.05. The van der Waals surface area contributed by atoms with E-state index in [1.807, 2.05) is 11.8 Å². The molecule has 0 unspecified atom stereocenters. The molecule has 1 saturated carbocycles. The minimum Gasteiger partial charge on any atom is -0.356 e. The third-order valence-corrected chi connectivity index (χ3v) is 4.72. The molecule has 1 heterocycles. The molecule has 0 aliphatic heterocycles. The lowest BCUT2D eigenvalue weighted by molar-refractivity contribution is 0.0924. The molecule has 4 nitrogen and oxygen atoms in total. The monoisotopic (exact) mass is 280 g/mol. The highest BCUT2D eigenvalue weighted by atomic mass is 32.2. The Morgan fingerprint density at radius 3 is 2.84 bits per heavy atom. The number of nitrogens with one attached hydrogen (secondary N) is 2. The lowest BCUT2D eigenvalue weighted by atomic mass is 9.95. The van der Waals surface area contributed by atoms with Crippen molar-refractivity contribution in [2.24, 2.45) is 0 Å². The number of aromatic amines is 1. The number of ketones is 1. The summed E-state index contributed by atoms with van der Waals surface area (Å²) in [6.45, 7) is 1.50. The largest absolute Gasteiger partial charge is 0.356 e. The Labute approximate surface area is 117 Å². The Bertz CT molecular complexity index is 470. The average molecular weight is 280 g/mol. The van der Waals surface area contributed by atoms with Crippen molar-refractivity contribution in [3.05, 3.63) is 23.5 Å². The van der Waals surface area contributed by atoms with Gasteiger partial charge in [-0.15, -0.1) is 0 Å². The van der Waals surface area contributed by atoms with Crippen molar-refractivity contribution in [2.75, 3.05) is 6.26 Å². The number of carbonyl (C=O) groups excluding carboxylic acids is 2. The van der Waals surface area contributed by atoms with Crippen LogP contribution in [0.3, 0.4) is 0 Å². The first-order chi connectivity index (χ1) is 9.10. The fourth-order valence-corrected chi connectivity index (χ4v) is 3.31. The van der Waals surface area contributed by atoms with Gasteiger partial charge in [0.2, 0.25) is 0 Å². The Morgan fingerprint density at radius 2 is 2.21 bits per heavy atom. The Kier molecular flexibility index (Phi) is 4.69. The predicted molar refractivity (Wildman–Crippen MR) is 77.8 cm³/mol. The maximum Gasteiger partial charge on any atom is 0.267 e. The van der Waals surface area contributed by atoms with Crippen LogP contribution in [0.4, 0.5) is 0 Å². The molecule has 0 radical (unpaired) electrons. The van der Waals surface area contributed by atoms with E-state index in [0.717, 1.165) is 12.8 Å². The number of Topliss-reactive ketones (excluding diaryl/α,β-unsaturated/α-hetero) is 1. The minimum absolute atomic E-state index is 0.0320. The molecule has 1 aliphatic carbocycles. The molecule has 1 aromatic rings. The van der Waals surface area contributed by atoms with E-state index in [9.17, 15) is 9.59 Å². The van der Waals surface area contributed by atoms with Gasteiger partial charge in [0.25, 0.3) is 5.91 Å². The van der Waals surface area contributed by atoms with E-state index < -0.39 is 0 Å². The van der Waals surface area contributed by atoms with Crippen molar-refractivity contribution in [3.8, 4) is 0 Å². The van der Waals surface area contributed by atoms with Crippen molar-refractivity contribution in [3.63, 3.8) is 0 Å². The first-order valence-electron chi connectivity index (χ1n) is 6.63. The lowest BCUT2D eigenvalue weighted by Crippen LogP contribution is -2.39. The van der Waals surface area contributed by atoms with Crippen molar-refractivity contribution in [2.45, 2.75) is 43.9 Å². The number of H-pyrrole nitrogens is 1. The lowest BCUT2D eigenvalue weighted by Gasteiger charge is -2.28. The zero-order valence-corrected chi connectivity index (χ0v) is 12.2. The summed E-state index contributed by atoms with van der Waals surface area (Å²) in [5, 5.41) is 3.71. The second-order valence-corrected chi connectivity index (χ2v) is 6.19. The summed E-state index contributed by atoms with van der Waals surface area (Å²) < 4.78 is 0. The SMILES string of the molecule is CS[C@@H]1CCC[C@H](NC(=O)c2cc(C(C)=O)c[nH]2)C1. The van der Waals surface area contributed by atoms with Gasteiger partial charge in [0.15, 0.2) is 5.78 Å². The van der Waals surface area contributed by atoms with E-state index >= 15 is 0 Å². The van der Waals surface area contributed by atoms with Gasteiger partial charge in [0.1, 0.15) is 5.69 Å². The first-order valence-corrected chi connectivity index (χ1v) is 7.92. The third-order valence-electron chi connectivity index (χ3n) is 3.63. The first kappa shape index (κ1) is 14.2. The maximum atomic E-state index is 12.1. The minimum atomic E-state index is -0.112. The van der Waals surface area contributed by atoms with Crippen LogP contribution in [0, 0.1) is 0 Å². The standard InChI is InChI=1S/C14H20N2O2S/c1-9(17)10-6-13(15-8-10)14(18)16-11-4-3-5-12(7-11)19-2/h6,8,11-12,15H,3-5,7H2,1-2H3,(H,16,18)/t11-,12+/m0/s1. The molecular weight excluding hydrogens is 260 g/mol. The summed E-state index contributed by atoms with van der Waals surface area (Å²) in [7, 11) is 0. The summed E-state index contributed by atoms with van der Waals surface area (Å²) in [5.41, 5.74) is 1.02. The summed E-state index contributed by atoms with van der Waals surface area (Å²) in [4.78, 5) is 26.1. The summed E-state index contributed by atoms with van der Waals surface area (Å²) in [6.07, 6.45) is 8.20. The van der Waals surface area contributed by atoms with Gasteiger partial charge in [-0.05, 0) is 38.5 Å². The average Bonchev–Trinajstić information content (AvgIpc) is 2.89. The molecule has 0 aromatic carbocycles. The van der Waals surface area contributed by atoms with Gasteiger partial charge >= 0.3 is 0 Å². The van der Waals surface area contributed by atoms with E-state index in [1.54, 1.807) is 12.3 Å². The van der Waals surface area contributed by atoms with E-state index in [4.69, 9.17) is 0 Å². The van der Waals surface area contributed by atoms with Gasteiger partial charge in [0, 0.05) is 23.1 Å². The summed E-state index contributed by atoms with van der Waals surface area (Å²) >= 11 is 1.88. The Hall–Kier alpha value is -1.23. The molecule has 1 aromatic heterocycles. The molecule has 0 bridgehead atoms. The zero-order valence-electron chi connectivity index (χ0n) is 11.4. The van der Waals surface area contributed by atoms with E-state index in [1.165, 1.54) is 19.8 Å². The number of amides is 1. The number of thioether (sulfide) groups is 1. The Morgan fingerprint density at radius 1 is 1.42 bits per heavy atom. The van der Waals surface area contributed by atoms with Gasteiger partial charge in [-0.1, -0.05) is 6.42 Å². The molecule has 2 N–H and O–H groups in total. The number of hydrogen-bond donors (Lipinski definition) is 2. The van der Waals surface area contributed by atoms with Crippen LogP contribution >= 0.6 is 11.8 Å². The van der Waals surface area contributed by atoms with Crippen LogP contribution in [0.5, 0.6) is 0 Å². The summed E-state index contributed by atoms with van der Waals surface area (Å²) in [5.74, 6) is -0.144. The molecule has 1 fully saturated rings.